The maximum atomic E-state index is 12.3. The van der Waals surface area contributed by atoms with Crippen molar-refractivity contribution < 1.29 is 9.53 Å². The highest BCUT2D eigenvalue weighted by Gasteiger charge is 2.13. The maximum absolute atomic E-state index is 12.3. The molecule has 0 fully saturated rings. The van der Waals surface area contributed by atoms with Crippen molar-refractivity contribution in [2.75, 3.05) is 13.7 Å². The molecule has 3 rings (SSSR count). The van der Waals surface area contributed by atoms with Crippen molar-refractivity contribution in [2.45, 2.75) is 20.4 Å². The molecule has 3 aromatic rings. The zero-order valence-corrected chi connectivity index (χ0v) is 15.4. The minimum atomic E-state index is -0.298. The first-order chi connectivity index (χ1) is 13.0. The number of methoxy groups -OCH3 is 1. The first-order valence-electron chi connectivity index (χ1n) is 8.51. The van der Waals surface area contributed by atoms with Gasteiger partial charge in [0.15, 0.2) is 0 Å². The van der Waals surface area contributed by atoms with E-state index in [0.717, 1.165) is 5.56 Å². The molecule has 8 nitrogen and oxygen atoms in total. The zero-order chi connectivity index (χ0) is 19.4. The van der Waals surface area contributed by atoms with Gasteiger partial charge in [-0.3, -0.25) is 19.3 Å². The van der Waals surface area contributed by atoms with E-state index in [9.17, 15) is 9.59 Å². The number of nitrogens with zero attached hydrogens (tertiary/aromatic N) is 3. The molecule has 0 spiro atoms. The Morgan fingerprint density at radius 2 is 2.07 bits per heavy atom. The molecule has 0 radical (unpaired) electrons. The molecule has 0 saturated carbocycles. The second-order valence-electron chi connectivity index (χ2n) is 6.08. The third-order valence-electron chi connectivity index (χ3n) is 4.36. The third-order valence-corrected chi connectivity index (χ3v) is 4.36. The molecule has 2 aromatic heterocycles. The van der Waals surface area contributed by atoms with Crippen LogP contribution < -0.4 is 15.6 Å². The van der Waals surface area contributed by atoms with Crippen molar-refractivity contribution >= 4 is 5.91 Å². The highest BCUT2D eigenvalue weighted by molar-refractivity contribution is 5.93. The number of para-hydroxylation sites is 1. The largest absolute Gasteiger partial charge is 0.496 e. The Hall–Kier alpha value is -3.42. The normalized spacial score (nSPS) is 10.6. The van der Waals surface area contributed by atoms with E-state index in [1.165, 1.54) is 10.9 Å². The lowest BCUT2D eigenvalue weighted by Gasteiger charge is -2.08. The minimum absolute atomic E-state index is 0.100. The van der Waals surface area contributed by atoms with Crippen molar-refractivity contribution in [1.29, 1.82) is 0 Å². The van der Waals surface area contributed by atoms with E-state index in [2.05, 4.69) is 20.5 Å². The molecule has 27 heavy (non-hydrogen) atoms. The van der Waals surface area contributed by atoms with Crippen LogP contribution >= 0.6 is 0 Å². The number of hydrogen-bond donors (Lipinski definition) is 2. The van der Waals surface area contributed by atoms with E-state index in [4.69, 9.17) is 4.74 Å². The molecule has 0 aliphatic heterocycles. The Balaban J connectivity index is 1.65. The van der Waals surface area contributed by atoms with Crippen LogP contribution in [0.15, 0.2) is 41.5 Å². The summed E-state index contributed by atoms with van der Waals surface area (Å²) in [7, 11) is 1.59. The number of hydrogen-bond acceptors (Lipinski definition) is 5. The summed E-state index contributed by atoms with van der Waals surface area (Å²) in [6.45, 7) is 4.17. The summed E-state index contributed by atoms with van der Waals surface area (Å²) >= 11 is 0. The van der Waals surface area contributed by atoms with Gasteiger partial charge in [0.25, 0.3) is 11.5 Å². The van der Waals surface area contributed by atoms with Gasteiger partial charge in [-0.15, -0.1) is 0 Å². The van der Waals surface area contributed by atoms with Crippen LogP contribution in [-0.4, -0.2) is 39.3 Å². The predicted molar refractivity (Wildman–Crippen MR) is 101 cm³/mol. The Morgan fingerprint density at radius 1 is 1.30 bits per heavy atom. The van der Waals surface area contributed by atoms with E-state index < -0.39 is 0 Å². The number of carbonyl (C=O) groups is 1. The van der Waals surface area contributed by atoms with Crippen LogP contribution in [0.1, 0.15) is 21.7 Å². The number of carbonyl (C=O) groups excluding carboxylic acids is 1. The summed E-state index contributed by atoms with van der Waals surface area (Å²) < 4.78 is 6.80. The fourth-order valence-electron chi connectivity index (χ4n) is 2.65. The van der Waals surface area contributed by atoms with Gasteiger partial charge in [0, 0.05) is 29.9 Å². The summed E-state index contributed by atoms with van der Waals surface area (Å²) in [5.74, 6) is 0.381. The second kappa shape index (κ2) is 7.86. The van der Waals surface area contributed by atoms with Gasteiger partial charge < -0.3 is 10.1 Å². The lowest BCUT2D eigenvalue weighted by molar-refractivity contribution is 0.0947. The monoisotopic (exact) mass is 367 g/mol. The third kappa shape index (κ3) is 3.89. The number of aromatic nitrogens is 4. The van der Waals surface area contributed by atoms with Crippen LogP contribution in [0.25, 0.3) is 11.3 Å². The van der Waals surface area contributed by atoms with E-state index in [-0.39, 0.29) is 11.5 Å². The zero-order valence-electron chi connectivity index (χ0n) is 15.4. The quantitative estimate of drug-likeness (QED) is 0.690. The average Bonchev–Trinajstić information content (AvgIpc) is 3.18. The van der Waals surface area contributed by atoms with Crippen molar-refractivity contribution in [1.82, 2.24) is 25.1 Å². The topological polar surface area (TPSA) is 102 Å². The van der Waals surface area contributed by atoms with Crippen LogP contribution in [0.4, 0.5) is 0 Å². The molecule has 0 atom stereocenters. The summed E-state index contributed by atoms with van der Waals surface area (Å²) in [4.78, 5) is 28.6. The SMILES string of the molecule is COc1ccccc1-c1cc(C(=O)NCCn2cnc(C)c(C)c2=O)[nH]n1. The second-order valence-corrected chi connectivity index (χ2v) is 6.08. The molecular weight excluding hydrogens is 346 g/mol. The molecule has 0 aliphatic rings. The van der Waals surface area contributed by atoms with Crippen molar-refractivity contribution in [2.24, 2.45) is 0 Å². The predicted octanol–water partition coefficient (Wildman–Crippen LogP) is 1.69. The first kappa shape index (κ1) is 18.4. The molecule has 1 amide bonds. The molecule has 2 N–H and O–H groups in total. The molecule has 8 heteroatoms. The Morgan fingerprint density at radius 3 is 2.85 bits per heavy atom. The number of benzene rings is 1. The summed E-state index contributed by atoms with van der Waals surface area (Å²) in [6, 6.07) is 9.11. The van der Waals surface area contributed by atoms with Gasteiger partial charge >= 0.3 is 0 Å². The summed E-state index contributed by atoms with van der Waals surface area (Å²) in [6.07, 6.45) is 1.49. The van der Waals surface area contributed by atoms with Crippen LogP contribution in [0, 0.1) is 13.8 Å². The van der Waals surface area contributed by atoms with Gasteiger partial charge in [-0.2, -0.15) is 5.10 Å². The number of aromatic amines is 1. The highest BCUT2D eigenvalue weighted by atomic mass is 16.5. The van der Waals surface area contributed by atoms with Gasteiger partial charge in [-0.05, 0) is 32.0 Å². The molecule has 0 aliphatic carbocycles. The Kier molecular flexibility index (Phi) is 5.35. The maximum Gasteiger partial charge on any atom is 0.269 e. The number of ether oxygens (including phenoxy) is 1. The molecular formula is C19H21N5O3. The number of amides is 1. The van der Waals surface area contributed by atoms with E-state index >= 15 is 0 Å². The summed E-state index contributed by atoms with van der Waals surface area (Å²) in [5, 5.41) is 9.69. The van der Waals surface area contributed by atoms with Gasteiger partial charge in [0.2, 0.25) is 0 Å². The standard InChI is InChI=1S/C19H21N5O3/c1-12-13(2)21-11-24(19(12)26)9-8-20-18(25)16-10-15(22-23-16)14-6-4-5-7-17(14)27-3/h4-7,10-11H,8-9H2,1-3H3,(H,20,25)(H,22,23). The number of nitrogens with one attached hydrogen (secondary N) is 2. The van der Waals surface area contributed by atoms with Gasteiger partial charge in [0.05, 0.1) is 19.1 Å². The van der Waals surface area contributed by atoms with E-state index in [1.807, 2.05) is 24.3 Å². The minimum Gasteiger partial charge on any atom is -0.496 e. The molecule has 0 bridgehead atoms. The Labute approximate surface area is 156 Å². The van der Waals surface area contributed by atoms with Crippen LogP contribution in [0.2, 0.25) is 0 Å². The van der Waals surface area contributed by atoms with Crippen molar-refractivity contribution in [3.63, 3.8) is 0 Å². The first-order valence-corrected chi connectivity index (χ1v) is 8.51. The smallest absolute Gasteiger partial charge is 0.269 e. The van der Waals surface area contributed by atoms with Gasteiger partial charge in [-0.1, -0.05) is 12.1 Å². The summed E-state index contributed by atoms with van der Waals surface area (Å²) in [5.41, 5.74) is 2.97. The van der Waals surface area contributed by atoms with Gasteiger partial charge in [0.1, 0.15) is 11.4 Å². The molecule has 0 unspecified atom stereocenters. The van der Waals surface area contributed by atoms with Crippen molar-refractivity contribution in [3.8, 4) is 17.0 Å². The van der Waals surface area contributed by atoms with Crippen LogP contribution in [-0.2, 0) is 6.54 Å². The number of rotatable bonds is 6. The average molecular weight is 367 g/mol. The van der Waals surface area contributed by atoms with E-state index in [1.54, 1.807) is 27.0 Å². The fraction of sp³-hybridized carbons (Fsp3) is 0.263. The molecule has 0 saturated heterocycles. The lowest BCUT2D eigenvalue weighted by atomic mass is 10.1. The number of aryl methyl sites for hydroxylation is 1. The molecule has 2 heterocycles. The lowest BCUT2D eigenvalue weighted by Crippen LogP contribution is -2.32. The number of H-pyrrole nitrogens is 1. The molecule has 140 valence electrons. The molecule has 1 aromatic carbocycles. The Bertz CT molecular complexity index is 1020. The van der Waals surface area contributed by atoms with Gasteiger partial charge in [-0.25, -0.2) is 4.98 Å². The van der Waals surface area contributed by atoms with Crippen molar-refractivity contribution in [3.05, 3.63) is 64.0 Å². The van der Waals surface area contributed by atoms with Crippen LogP contribution in [0.5, 0.6) is 5.75 Å². The van der Waals surface area contributed by atoms with E-state index in [0.29, 0.717) is 41.5 Å². The fourth-order valence-corrected chi connectivity index (χ4v) is 2.65. The van der Waals surface area contributed by atoms with Crippen LogP contribution in [0.3, 0.4) is 0 Å². The highest BCUT2D eigenvalue weighted by Crippen LogP contribution is 2.28.